The molecular weight excluding hydrogens is 269 g/mol. The molecule has 1 aliphatic heterocycles. The van der Waals surface area contributed by atoms with Crippen LogP contribution in [0.25, 0.3) is 0 Å². The second kappa shape index (κ2) is 7.88. The standard InChI is InChI=1S/C14H20ClNO.ClH/c1-11-10-13(2-3-14(11)15)17-9-6-12-4-7-16-8-5-12;/h2-3,10,12,16H,4-9H2,1H3;1H. The van der Waals surface area contributed by atoms with Gasteiger partial charge in [-0.1, -0.05) is 11.6 Å². The van der Waals surface area contributed by atoms with E-state index >= 15 is 0 Å². The number of aryl methyl sites for hydroxylation is 1. The van der Waals surface area contributed by atoms with Crippen molar-refractivity contribution < 1.29 is 4.74 Å². The molecule has 0 spiro atoms. The van der Waals surface area contributed by atoms with Crippen LogP contribution in [-0.4, -0.2) is 19.7 Å². The SMILES string of the molecule is Cc1cc(OCCC2CCNCC2)ccc1Cl.Cl. The topological polar surface area (TPSA) is 21.3 Å². The first kappa shape index (κ1) is 15.6. The molecule has 1 fully saturated rings. The number of hydrogen-bond acceptors (Lipinski definition) is 2. The van der Waals surface area contributed by atoms with Crippen LogP contribution >= 0.6 is 24.0 Å². The van der Waals surface area contributed by atoms with Gasteiger partial charge in [-0.25, -0.2) is 0 Å². The minimum Gasteiger partial charge on any atom is -0.494 e. The Kier molecular flexibility index (Phi) is 6.83. The molecule has 0 unspecified atom stereocenters. The normalized spacial score (nSPS) is 16.1. The summed E-state index contributed by atoms with van der Waals surface area (Å²) in [4.78, 5) is 0. The molecule has 2 rings (SSSR count). The summed E-state index contributed by atoms with van der Waals surface area (Å²) < 4.78 is 5.77. The summed E-state index contributed by atoms with van der Waals surface area (Å²) >= 11 is 5.97. The summed E-state index contributed by atoms with van der Waals surface area (Å²) in [7, 11) is 0. The number of piperidine rings is 1. The van der Waals surface area contributed by atoms with Gasteiger partial charge in [-0.15, -0.1) is 12.4 Å². The molecule has 1 aromatic rings. The van der Waals surface area contributed by atoms with E-state index in [1.165, 1.54) is 12.8 Å². The number of hydrogen-bond donors (Lipinski definition) is 1. The minimum absolute atomic E-state index is 0. The van der Waals surface area contributed by atoms with Crippen LogP contribution < -0.4 is 10.1 Å². The van der Waals surface area contributed by atoms with E-state index in [1.54, 1.807) is 0 Å². The summed E-state index contributed by atoms with van der Waals surface area (Å²) in [6.45, 7) is 5.13. The molecule has 0 aliphatic carbocycles. The molecule has 1 N–H and O–H groups in total. The lowest BCUT2D eigenvalue weighted by Crippen LogP contribution is -2.28. The molecule has 0 bridgehead atoms. The van der Waals surface area contributed by atoms with E-state index in [2.05, 4.69) is 5.32 Å². The fraction of sp³-hybridized carbons (Fsp3) is 0.571. The average Bonchev–Trinajstić information content (AvgIpc) is 2.35. The van der Waals surface area contributed by atoms with Crippen LogP contribution in [0, 0.1) is 12.8 Å². The molecule has 1 aliphatic rings. The van der Waals surface area contributed by atoms with Crippen molar-refractivity contribution in [2.45, 2.75) is 26.2 Å². The first-order valence-electron chi connectivity index (χ1n) is 6.35. The lowest BCUT2D eigenvalue weighted by atomic mass is 9.95. The second-order valence-corrected chi connectivity index (χ2v) is 5.15. The van der Waals surface area contributed by atoms with Gasteiger partial charge in [0.05, 0.1) is 6.61 Å². The summed E-state index contributed by atoms with van der Waals surface area (Å²) in [6, 6.07) is 5.85. The molecule has 1 saturated heterocycles. The zero-order chi connectivity index (χ0) is 12.1. The predicted molar refractivity (Wildman–Crippen MR) is 79.1 cm³/mol. The van der Waals surface area contributed by atoms with Crippen molar-refractivity contribution >= 4 is 24.0 Å². The highest BCUT2D eigenvalue weighted by Gasteiger charge is 2.12. The van der Waals surface area contributed by atoms with Gasteiger partial charge in [0.2, 0.25) is 0 Å². The Labute approximate surface area is 120 Å². The van der Waals surface area contributed by atoms with Gasteiger partial charge in [-0.05, 0) is 69.0 Å². The number of ether oxygens (including phenoxy) is 1. The highest BCUT2D eigenvalue weighted by Crippen LogP contribution is 2.22. The van der Waals surface area contributed by atoms with Crippen molar-refractivity contribution in [2.75, 3.05) is 19.7 Å². The van der Waals surface area contributed by atoms with Crippen molar-refractivity contribution in [1.29, 1.82) is 0 Å². The lowest BCUT2D eigenvalue weighted by Gasteiger charge is -2.22. The fourth-order valence-corrected chi connectivity index (χ4v) is 2.34. The van der Waals surface area contributed by atoms with Crippen LogP contribution in [0.5, 0.6) is 5.75 Å². The smallest absolute Gasteiger partial charge is 0.119 e. The molecule has 1 aromatic carbocycles. The van der Waals surface area contributed by atoms with Crippen LogP contribution in [0.2, 0.25) is 5.02 Å². The number of nitrogens with one attached hydrogen (secondary N) is 1. The van der Waals surface area contributed by atoms with Gasteiger partial charge in [0.15, 0.2) is 0 Å². The van der Waals surface area contributed by atoms with Gasteiger partial charge < -0.3 is 10.1 Å². The Hall–Kier alpha value is -0.440. The summed E-state index contributed by atoms with van der Waals surface area (Å²) in [6.07, 6.45) is 3.72. The largest absolute Gasteiger partial charge is 0.494 e. The van der Waals surface area contributed by atoms with E-state index in [4.69, 9.17) is 16.3 Å². The average molecular weight is 290 g/mol. The quantitative estimate of drug-likeness (QED) is 0.909. The Bertz CT molecular complexity index is 365. The van der Waals surface area contributed by atoms with Crippen LogP contribution in [0.1, 0.15) is 24.8 Å². The summed E-state index contributed by atoms with van der Waals surface area (Å²) in [5.41, 5.74) is 1.08. The summed E-state index contributed by atoms with van der Waals surface area (Å²) in [5.74, 6) is 1.76. The van der Waals surface area contributed by atoms with Crippen molar-refractivity contribution in [3.8, 4) is 5.75 Å². The maximum atomic E-state index is 5.97. The zero-order valence-electron chi connectivity index (χ0n) is 10.7. The van der Waals surface area contributed by atoms with E-state index < -0.39 is 0 Å². The lowest BCUT2D eigenvalue weighted by molar-refractivity contribution is 0.252. The fourth-order valence-electron chi connectivity index (χ4n) is 2.22. The monoisotopic (exact) mass is 289 g/mol. The molecule has 18 heavy (non-hydrogen) atoms. The molecule has 0 amide bonds. The first-order chi connectivity index (χ1) is 8.25. The molecule has 102 valence electrons. The third-order valence-corrected chi connectivity index (χ3v) is 3.81. The van der Waals surface area contributed by atoms with Crippen LogP contribution in [0.4, 0.5) is 0 Å². The molecule has 0 radical (unpaired) electrons. The molecule has 0 aromatic heterocycles. The highest BCUT2D eigenvalue weighted by molar-refractivity contribution is 6.31. The van der Waals surface area contributed by atoms with Crippen LogP contribution in [-0.2, 0) is 0 Å². The third-order valence-electron chi connectivity index (χ3n) is 3.38. The molecule has 0 atom stereocenters. The third kappa shape index (κ3) is 4.68. The van der Waals surface area contributed by atoms with E-state index in [1.807, 2.05) is 25.1 Å². The second-order valence-electron chi connectivity index (χ2n) is 4.74. The molecular formula is C14H21Cl2NO. The van der Waals surface area contributed by atoms with E-state index in [-0.39, 0.29) is 12.4 Å². The predicted octanol–water partition coefficient (Wildman–Crippen LogP) is 3.84. The molecule has 0 saturated carbocycles. The highest BCUT2D eigenvalue weighted by atomic mass is 35.5. The van der Waals surface area contributed by atoms with E-state index in [0.29, 0.717) is 0 Å². The van der Waals surface area contributed by atoms with Gasteiger partial charge >= 0.3 is 0 Å². The Morgan fingerprint density at radius 3 is 2.72 bits per heavy atom. The van der Waals surface area contributed by atoms with Gasteiger partial charge in [0, 0.05) is 5.02 Å². The number of rotatable bonds is 4. The first-order valence-corrected chi connectivity index (χ1v) is 6.73. The van der Waals surface area contributed by atoms with Crippen LogP contribution in [0.15, 0.2) is 18.2 Å². The molecule has 1 heterocycles. The van der Waals surface area contributed by atoms with Gasteiger partial charge in [-0.2, -0.15) is 0 Å². The number of benzene rings is 1. The van der Waals surface area contributed by atoms with Crippen LogP contribution in [0.3, 0.4) is 0 Å². The van der Waals surface area contributed by atoms with Crippen molar-refractivity contribution in [2.24, 2.45) is 5.92 Å². The minimum atomic E-state index is 0. The van der Waals surface area contributed by atoms with E-state index in [9.17, 15) is 0 Å². The molecule has 2 nitrogen and oxygen atoms in total. The van der Waals surface area contributed by atoms with Crippen molar-refractivity contribution in [3.05, 3.63) is 28.8 Å². The Morgan fingerprint density at radius 2 is 2.06 bits per heavy atom. The summed E-state index contributed by atoms with van der Waals surface area (Å²) in [5, 5.41) is 4.18. The number of halogens is 2. The maximum Gasteiger partial charge on any atom is 0.119 e. The van der Waals surface area contributed by atoms with Crippen molar-refractivity contribution in [1.82, 2.24) is 5.32 Å². The Morgan fingerprint density at radius 1 is 1.33 bits per heavy atom. The van der Waals surface area contributed by atoms with Gasteiger partial charge in [0.1, 0.15) is 5.75 Å². The van der Waals surface area contributed by atoms with E-state index in [0.717, 1.165) is 48.4 Å². The van der Waals surface area contributed by atoms with Gasteiger partial charge in [-0.3, -0.25) is 0 Å². The van der Waals surface area contributed by atoms with Gasteiger partial charge in [0.25, 0.3) is 0 Å². The zero-order valence-corrected chi connectivity index (χ0v) is 12.3. The van der Waals surface area contributed by atoms with Crippen molar-refractivity contribution in [3.63, 3.8) is 0 Å². The molecule has 4 heteroatoms. The maximum absolute atomic E-state index is 5.97. The Balaban J connectivity index is 0.00000162.